The van der Waals surface area contributed by atoms with Crippen LogP contribution in [0.2, 0.25) is 0 Å². The number of hydrogen-bond donors (Lipinski definition) is 1. The van der Waals surface area contributed by atoms with Crippen LogP contribution < -0.4 is 10.9 Å². The van der Waals surface area contributed by atoms with Crippen LogP contribution in [0.1, 0.15) is 30.6 Å². The second-order valence-corrected chi connectivity index (χ2v) is 4.71. The molecule has 0 fully saturated rings. The Morgan fingerprint density at radius 1 is 1.43 bits per heavy atom. The van der Waals surface area contributed by atoms with Crippen LogP contribution in [0.15, 0.2) is 33.5 Å². The average Bonchev–Trinajstić information content (AvgIpc) is 2.45. The molecule has 1 N–H and O–H groups in total. The number of benzene rings is 1. The molecule has 0 aliphatic rings. The van der Waals surface area contributed by atoms with Gasteiger partial charge in [0, 0.05) is 23.6 Å². The Kier molecular flexibility index (Phi) is 4.02. The first-order valence-corrected chi connectivity index (χ1v) is 6.45. The van der Waals surface area contributed by atoms with Crippen LogP contribution in [-0.4, -0.2) is 16.9 Å². The van der Waals surface area contributed by atoms with E-state index in [4.69, 9.17) is 4.42 Å². The average molecular weight is 290 g/mol. The van der Waals surface area contributed by atoms with Gasteiger partial charge < -0.3 is 9.73 Å². The van der Waals surface area contributed by atoms with Gasteiger partial charge in [0.1, 0.15) is 11.1 Å². The molecule has 110 valence electrons. The number of carbonyl (C=O) groups excluding carboxylic acids is 1. The van der Waals surface area contributed by atoms with E-state index in [0.29, 0.717) is 5.39 Å². The zero-order chi connectivity index (χ0) is 15.6. The van der Waals surface area contributed by atoms with Crippen molar-refractivity contribution in [3.63, 3.8) is 0 Å². The Labute approximate surface area is 119 Å². The van der Waals surface area contributed by atoms with Crippen LogP contribution >= 0.6 is 0 Å². The second kappa shape index (κ2) is 5.74. The number of hydrogen-bond acceptors (Lipinski definition) is 5. The maximum Gasteiger partial charge on any atom is 0.349 e. The number of nitrogens with zero attached hydrogens (tertiary/aromatic N) is 1. The molecule has 0 saturated carbocycles. The number of amides is 1. The molecule has 7 heteroatoms. The molecule has 0 aliphatic carbocycles. The fraction of sp³-hybridized carbons (Fsp3) is 0.286. The molecule has 1 aromatic heterocycles. The number of rotatable bonds is 4. The third-order valence-corrected chi connectivity index (χ3v) is 3.16. The minimum absolute atomic E-state index is 0.0855. The molecule has 1 aromatic carbocycles. The molecule has 1 heterocycles. The van der Waals surface area contributed by atoms with Gasteiger partial charge in [-0.15, -0.1) is 0 Å². The molecule has 2 aromatic rings. The fourth-order valence-corrected chi connectivity index (χ4v) is 1.79. The predicted molar refractivity (Wildman–Crippen MR) is 76.4 cm³/mol. The van der Waals surface area contributed by atoms with Gasteiger partial charge in [0.15, 0.2) is 0 Å². The van der Waals surface area contributed by atoms with E-state index in [1.165, 1.54) is 24.3 Å². The summed E-state index contributed by atoms with van der Waals surface area (Å²) in [6.45, 7) is 3.71. The molecule has 7 nitrogen and oxygen atoms in total. The van der Waals surface area contributed by atoms with Gasteiger partial charge in [0.2, 0.25) is 0 Å². The van der Waals surface area contributed by atoms with Crippen LogP contribution in [0.4, 0.5) is 5.69 Å². The van der Waals surface area contributed by atoms with Crippen LogP contribution in [-0.2, 0) is 0 Å². The highest BCUT2D eigenvalue weighted by atomic mass is 16.6. The summed E-state index contributed by atoms with van der Waals surface area (Å²) in [5.74, 6) is -0.550. The Balaban J connectivity index is 2.49. The minimum atomic E-state index is -0.767. The monoisotopic (exact) mass is 290 g/mol. The maximum absolute atomic E-state index is 12.0. The van der Waals surface area contributed by atoms with Gasteiger partial charge in [-0.2, -0.15) is 0 Å². The van der Waals surface area contributed by atoms with Gasteiger partial charge in [0.25, 0.3) is 11.6 Å². The summed E-state index contributed by atoms with van der Waals surface area (Å²) in [5.41, 5.74) is -0.865. The van der Waals surface area contributed by atoms with Gasteiger partial charge in [-0.05, 0) is 25.5 Å². The molecule has 1 atom stereocenters. The number of nitrogens with one attached hydrogen (secondary N) is 1. The van der Waals surface area contributed by atoms with E-state index in [9.17, 15) is 19.7 Å². The van der Waals surface area contributed by atoms with Crippen LogP contribution in [0.25, 0.3) is 11.0 Å². The third kappa shape index (κ3) is 3.07. The van der Waals surface area contributed by atoms with Gasteiger partial charge in [-0.25, -0.2) is 4.79 Å². The Bertz CT molecular complexity index is 766. The van der Waals surface area contributed by atoms with Crippen molar-refractivity contribution in [2.24, 2.45) is 0 Å². The molecule has 1 amide bonds. The number of carbonyl (C=O) groups is 1. The predicted octanol–water partition coefficient (Wildman–Crippen LogP) is 2.23. The van der Waals surface area contributed by atoms with Crippen molar-refractivity contribution in [2.45, 2.75) is 26.3 Å². The Morgan fingerprint density at radius 3 is 2.76 bits per heavy atom. The topological polar surface area (TPSA) is 102 Å². The van der Waals surface area contributed by atoms with Gasteiger partial charge in [-0.3, -0.25) is 14.9 Å². The summed E-state index contributed by atoms with van der Waals surface area (Å²) >= 11 is 0. The summed E-state index contributed by atoms with van der Waals surface area (Å²) in [6.07, 6.45) is 0.718. The third-order valence-electron chi connectivity index (χ3n) is 3.16. The lowest BCUT2D eigenvalue weighted by molar-refractivity contribution is -0.384. The summed E-state index contributed by atoms with van der Waals surface area (Å²) in [5, 5.41) is 13.7. The van der Waals surface area contributed by atoms with Crippen molar-refractivity contribution < 1.29 is 14.1 Å². The second-order valence-electron chi connectivity index (χ2n) is 4.71. The summed E-state index contributed by atoms with van der Waals surface area (Å²) < 4.78 is 5.02. The normalized spacial score (nSPS) is 12.1. The number of nitro groups is 1. The first kappa shape index (κ1) is 14.7. The van der Waals surface area contributed by atoms with E-state index >= 15 is 0 Å². The zero-order valence-electron chi connectivity index (χ0n) is 11.6. The van der Waals surface area contributed by atoms with Crippen molar-refractivity contribution in [1.82, 2.24) is 5.32 Å². The molecule has 2 rings (SSSR count). The minimum Gasteiger partial charge on any atom is -0.422 e. The molecule has 21 heavy (non-hydrogen) atoms. The molecular weight excluding hydrogens is 276 g/mol. The Hall–Kier alpha value is -2.70. The van der Waals surface area contributed by atoms with Gasteiger partial charge in [0.05, 0.1) is 4.92 Å². The first-order valence-electron chi connectivity index (χ1n) is 6.45. The lowest BCUT2D eigenvalue weighted by atomic mass is 10.1. The fourth-order valence-electron chi connectivity index (χ4n) is 1.79. The van der Waals surface area contributed by atoms with Crippen molar-refractivity contribution in [3.05, 3.63) is 50.4 Å². The molecule has 0 spiro atoms. The zero-order valence-corrected chi connectivity index (χ0v) is 11.6. The smallest absolute Gasteiger partial charge is 0.349 e. The largest absolute Gasteiger partial charge is 0.422 e. The SMILES string of the molecule is CC[C@@H](C)NC(=O)c1cc2cc([N+](=O)[O-])ccc2oc1=O. The molecular formula is C14H14N2O5. The van der Waals surface area contributed by atoms with Crippen molar-refractivity contribution in [1.29, 1.82) is 0 Å². The van der Waals surface area contributed by atoms with E-state index in [2.05, 4.69) is 5.32 Å². The molecule has 0 bridgehead atoms. The molecule has 0 aliphatic heterocycles. The summed E-state index contributed by atoms with van der Waals surface area (Å²) in [6, 6.07) is 5.07. The lowest BCUT2D eigenvalue weighted by Crippen LogP contribution is -2.34. The highest BCUT2D eigenvalue weighted by Crippen LogP contribution is 2.20. The first-order chi connectivity index (χ1) is 9.92. The number of fused-ring (bicyclic) bond motifs is 1. The molecule has 0 saturated heterocycles. The molecule has 0 radical (unpaired) electrons. The summed E-state index contributed by atoms with van der Waals surface area (Å²) in [7, 11) is 0. The van der Waals surface area contributed by atoms with Crippen molar-refractivity contribution >= 4 is 22.6 Å². The lowest BCUT2D eigenvalue weighted by Gasteiger charge is -2.10. The maximum atomic E-state index is 12.0. The highest BCUT2D eigenvalue weighted by molar-refractivity contribution is 5.97. The van der Waals surface area contributed by atoms with Crippen molar-refractivity contribution in [2.75, 3.05) is 0 Å². The standard InChI is InChI=1S/C14H14N2O5/c1-3-8(2)15-13(17)11-7-9-6-10(16(19)20)4-5-12(9)21-14(11)18/h4-8H,3H2,1-2H3,(H,15,17)/t8-/m1/s1. The van der Waals surface area contributed by atoms with Gasteiger partial charge >= 0.3 is 5.63 Å². The van der Waals surface area contributed by atoms with E-state index in [1.54, 1.807) is 0 Å². The van der Waals surface area contributed by atoms with Crippen LogP contribution in [0.3, 0.4) is 0 Å². The van der Waals surface area contributed by atoms with Crippen LogP contribution in [0.5, 0.6) is 0 Å². The van der Waals surface area contributed by atoms with E-state index < -0.39 is 16.5 Å². The van der Waals surface area contributed by atoms with E-state index in [1.807, 2.05) is 13.8 Å². The summed E-state index contributed by atoms with van der Waals surface area (Å²) in [4.78, 5) is 34.0. The number of non-ortho nitro benzene ring substituents is 1. The van der Waals surface area contributed by atoms with Crippen LogP contribution in [0, 0.1) is 10.1 Å². The highest BCUT2D eigenvalue weighted by Gasteiger charge is 2.16. The Morgan fingerprint density at radius 2 is 2.14 bits per heavy atom. The van der Waals surface area contributed by atoms with E-state index in [0.717, 1.165) is 6.42 Å². The number of nitro benzene ring substituents is 1. The van der Waals surface area contributed by atoms with Crippen molar-refractivity contribution in [3.8, 4) is 0 Å². The quantitative estimate of drug-likeness (QED) is 0.528. The van der Waals surface area contributed by atoms with E-state index in [-0.39, 0.29) is 22.9 Å². The molecule has 0 unspecified atom stereocenters. The van der Waals surface area contributed by atoms with Gasteiger partial charge in [-0.1, -0.05) is 6.92 Å².